The van der Waals surface area contributed by atoms with E-state index in [0.717, 1.165) is 141 Å². The summed E-state index contributed by atoms with van der Waals surface area (Å²) in [4.78, 5) is 38.2. The lowest BCUT2D eigenvalue weighted by Crippen LogP contribution is -2.30. The number of allylic oxidation sites excluding steroid dienone is 16. The number of rotatable bonds is 55. The number of hydrogen-bond donors (Lipinski definition) is 0. The highest BCUT2D eigenvalue weighted by molar-refractivity contribution is 5.71. The van der Waals surface area contributed by atoms with Crippen LogP contribution in [-0.2, 0) is 28.6 Å². The lowest BCUT2D eigenvalue weighted by Gasteiger charge is -2.18. The van der Waals surface area contributed by atoms with E-state index < -0.39 is 6.10 Å². The Morgan fingerprint density at radius 1 is 0.288 bits per heavy atom. The van der Waals surface area contributed by atoms with Crippen molar-refractivity contribution in [2.75, 3.05) is 13.2 Å². The van der Waals surface area contributed by atoms with Gasteiger partial charge < -0.3 is 14.2 Å². The third-order valence-electron chi connectivity index (χ3n) is 13.0. The van der Waals surface area contributed by atoms with E-state index in [9.17, 15) is 14.4 Å². The Bertz CT molecular complexity index is 1440. The van der Waals surface area contributed by atoms with Crippen LogP contribution in [0.4, 0.5) is 0 Å². The smallest absolute Gasteiger partial charge is 0.306 e. The molecular formula is C67H114O6. The van der Waals surface area contributed by atoms with Crippen LogP contribution in [0.15, 0.2) is 97.2 Å². The molecule has 0 aromatic rings. The zero-order valence-corrected chi connectivity index (χ0v) is 47.9. The second kappa shape index (κ2) is 60.9. The average Bonchev–Trinajstić information content (AvgIpc) is 3.39. The van der Waals surface area contributed by atoms with Gasteiger partial charge >= 0.3 is 17.9 Å². The predicted octanol–water partition coefficient (Wildman–Crippen LogP) is 20.9. The van der Waals surface area contributed by atoms with Crippen LogP contribution < -0.4 is 0 Å². The number of carbonyl (C=O) groups is 3. The molecule has 1 unspecified atom stereocenters. The molecule has 0 aliphatic carbocycles. The van der Waals surface area contributed by atoms with Gasteiger partial charge in [-0.05, 0) is 116 Å². The van der Waals surface area contributed by atoms with E-state index in [-0.39, 0.29) is 31.1 Å². The number of ether oxygens (including phenoxy) is 3. The Balaban J connectivity index is 4.40. The van der Waals surface area contributed by atoms with E-state index in [4.69, 9.17) is 14.2 Å². The minimum absolute atomic E-state index is 0.0920. The fourth-order valence-corrected chi connectivity index (χ4v) is 8.44. The third kappa shape index (κ3) is 59.1. The molecule has 0 amide bonds. The van der Waals surface area contributed by atoms with E-state index in [1.54, 1.807) is 0 Å². The summed E-state index contributed by atoms with van der Waals surface area (Å²) in [5.74, 6) is -0.919. The highest BCUT2D eigenvalue weighted by Crippen LogP contribution is 2.15. The molecule has 0 spiro atoms. The molecule has 0 rings (SSSR count). The summed E-state index contributed by atoms with van der Waals surface area (Å²) in [6, 6.07) is 0. The Kier molecular flexibility index (Phi) is 57.8. The van der Waals surface area contributed by atoms with Gasteiger partial charge in [0.15, 0.2) is 6.10 Å². The molecule has 0 saturated carbocycles. The SMILES string of the molecule is CC/C=C\C/C=C\C/C=C\C/C=C\C/C=C\CCCCCCCC(=O)OCC(COC(=O)CCCCCCC/C=C\C/C=C\CCC)OC(=O)CCCCCCCCCCC/C=C\CCCCCCCCCC. The summed E-state index contributed by atoms with van der Waals surface area (Å²) in [6.45, 7) is 6.45. The summed E-state index contributed by atoms with van der Waals surface area (Å²) < 4.78 is 16.9. The summed E-state index contributed by atoms with van der Waals surface area (Å²) in [5, 5.41) is 0. The Morgan fingerprint density at radius 3 is 0.904 bits per heavy atom. The highest BCUT2D eigenvalue weighted by Gasteiger charge is 2.19. The first-order valence-corrected chi connectivity index (χ1v) is 30.7. The van der Waals surface area contributed by atoms with Crippen molar-refractivity contribution in [2.24, 2.45) is 0 Å². The molecule has 0 saturated heterocycles. The standard InChI is InChI=1S/C67H114O6/c1-4-7-10-13-16-19-22-25-27-29-31-33-35-37-39-42-45-48-51-54-57-60-66(69)72-63-64(62-71-65(68)59-56-53-50-47-44-41-24-21-18-15-12-9-6-3)73-67(70)61-58-55-52-49-46-43-40-38-36-34-32-30-28-26-23-20-17-14-11-8-5-2/h7,10,12,15-16,19,21,24-25,27,30-33,37,39,64H,4-6,8-9,11,13-14,17-18,20,22-23,26,28-29,34-36,38,40-63H2,1-3H3/b10-7-,15-12-,19-16-,24-21-,27-25-,32-30-,33-31-,39-37-. The van der Waals surface area contributed by atoms with Crippen molar-refractivity contribution in [3.05, 3.63) is 97.2 Å². The van der Waals surface area contributed by atoms with Crippen molar-refractivity contribution in [1.29, 1.82) is 0 Å². The molecule has 73 heavy (non-hydrogen) atoms. The summed E-state index contributed by atoms with van der Waals surface area (Å²) >= 11 is 0. The average molecular weight is 1020 g/mol. The quantitative estimate of drug-likeness (QED) is 0.0261. The summed E-state index contributed by atoms with van der Waals surface area (Å²) in [5.41, 5.74) is 0. The molecule has 0 heterocycles. The molecule has 0 aliphatic heterocycles. The number of unbranched alkanes of at least 4 members (excludes halogenated alkanes) is 28. The zero-order chi connectivity index (χ0) is 52.9. The Hall–Kier alpha value is -3.67. The van der Waals surface area contributed by atoms with Crippen LogP contribution in [0.25, 0.3) is 0 Å². The first kappa shape index (κ1) is 69.3. The van der Waals surface area contributed by atoms with Gasteiger partial charge in [0.05, 0.1) is 0 Å². The van der Waals surface area contributed by atoms with Crippen LogP contribution in [0.3, 0.4) is 0 Å². The fraction of sp³-hybridized carbons (Fsp3) is 0.716. The van der Waals surface area contributed by atoms with Gasteiger partial charge in [-0.3, -0.25) is 14.4 Å². The van der Waals surface area contributed by atoms with Crippen LogP contribution in [0, 0.1) is 0 Å². The van der Waals surface area contributed by atoms with Crippen molar-refractivity contribution >= 4 is 17.9 Å². The van der Waals surface area contributed by atoms with Crippen molar-refractivity contribution in [1.82, 2.24) is 0 Å². The van der Waals surface area contributed by atoms with E-state index in [1.165, 1.54) is 109 Å². The van der Waals surface area contributed by atoms with E-state index in [2.05, 4.69) is 118 Å². The molecule has 0 bridgehead atoms. The van der Waals surface area contributed by atoms with Gasteiger partial charge in [-0.15, -0.1) is 0 Å². The first-order valence-electron chi connectivity index (χ1n) is 30.7. The second-order valence-electron chi connectivity index (χ2n) is 20.2. The van der Waals surface area contributed by atoms with E-state index in [0.29, 0.717) is 19.3 Å². The van der Waals surface area contributed by atoms with Crippen molar-refractivity contribution in [2.45, 2.75) is 297 Å². The molecule has 0 radical (unpaired) electrons. The van der Waals surface area contributed by atoms with Gasteiger partial charge in [0.25, 0.3) is 0 Å². The van der Waals surface area contributed by atoms with Crippen LogP contribution in [0.5, 0.6) is 0 Å². The monoisotopic (exact) mass is 1010 g/mol. The summed E-state index contributed by atoms with van der Waals surface area (Å²) in [7, 11) is 0. The Labute approximate surface area is 451 Å². The topological polar surface area (TPSA) is 78.9 Å². The van der Waals surface area contributed by atoms with E-state index >= 15 is 0 Å². The summed E-state index contributed by atoms with van der Waals surface area (Å²) in [6.07, 6.45) is 81.2. The number of esters is 3. The molecule has 418 valence electrons. The second-order valence-corrected chi connectivity index (χ2v) is 20.2. The van der Waals surface area contributed by atoms with Gasteiger partial charge in [-0.1, -0.05) is 253 Å². The van der Waals surface area contributed by atoms with E-state index in [1.807, 2.05) is 0 Å². The molecule has 1 atom stereocenters. The molecule has 0 N–H and O–H groups in total. The van der Waals surface area contributed by atoms with Gasteiger partial charge in [0, 0.05) is 19.3 Å². The molecule has 6 heteroatoms. The van der Waals surface area contributed by atoms with Crippen molar-refractivity contribution in [3.63, 3.8) is 0 Å². The number of carbonyl (C=O) groups excluding carboxylic acids is 3. The molecule has 0 fully saturated rings. The largest absolute Gasteiger partial charge is 0.462 e. The maximum absolute atomic E-state index is 12.9. The van der Waals surface area contributed by atoms with Gasteiger partial charge in [-0.25, -0.2) is 0 Å². The third-order valence-corrected chi connectivity index (χ3v) is 13.0. The minimum atomic E-state index is -0.794. The molecule has 0 aromatic heterocycles. The van der Waals surface area contributed by atoms with Gasteiger partial charge in [0.1, 0.15) is 13.2 Å². The van der Waals surface area contributed by atoms with Crippen molar-refractivity contribution in [3.8, 4) is 0 Å². The molecule has 0 aromatic carbocycles. The van der Waals surface area contributed by atoms with Crippen molar-refractivity contribution < 1.29 is 28.6 Å². The lowest BCUT2D eigenvalue weighted by molar-refractivity contribution is -0.167. The fourth-order valence-electron chi connectivity index (χ4n) is 8.44. The normalized spacial score (nSPS) is 12.8. The lowest BCUT2D eigenvalue weighted by atomic mass is 10.1. The van der Waals surface area contributed by atoms with Crippen LogP contribution in [0.2, 0.25) is 0 Å². The predicted molar refractivity (Wildman–Crippen MR) is 316 cm³/mol. The van der Waals surface area contributed by atoms with Crippen LogP contribution in [-0.4, -0.2) is 37.2 Å². The van der Waals surface area contributed by atoms with Gasteiger partial charge in [0.2, 0.25) is 0 Å². The zero-order valence-electron chi connectivity index (χ0n) is 47.9. The molecule has 0 aliphatic rings. The van der Waals surface area contributed by atoms with Crippen LogP contribution >= 0.6 is 0 Å². The minimum Gasteiger partial charge on any atom is -0.462 e. The maximum Gasteiger partial charge on any atom is 0.306 e. The molecule has 6 nitrogen and oxygen atoms in total. The molecular weight excluding hydrogens is 901 g/mol. The first-order chi connectivity index (χ1) is 36.0. The maximum atomic E-state index is 12.9. The highest BCUT2D eigenvalue weighted by atomic mass is 16.6. The van der Waals surface area contributed by atoms with Crippen LogP contribution in [0.1, 0.15) is 290 Å². The Morgan fingerprint density at radius 2 is 0.562 bits per heavy atom. The van der Waals surface area contributed by atoms with Gasteiger partial charge in [-0.2, -0.15) is 0 Å². The number of hydrogen-bond acceptors (Lipinski definition) is 6.